The van der Waals surface area contributed by atoms with Gasteiger partial charge in [0.2, 0.25) is 0 Å². The van der Waals surface area contributed by atoms with E-state index in [0.29, 0.717) is 30.5 Å². The van der Waals surface area contributed by atoms with Crippen molar-refractivity contribution in [3.05, 3.63) is 35.4 Å². The maximum absolute atomic E-state index is 12.4. The average Bonchev–Trinajstić information content (AvgIpc) is 2.64. The number of amides is 1. The summed E-state index contributed by atoms with van der Waals surface area (Å²) in [6, 6.07) is 7.77. The number of rotatable bonds is 7. The molecule has 1 amide bonds. The van der Waals surface area contributed by atoms with Crippen molar-refractivity contribution in [2.24, 2.45) is 16.8 Å². The van der Waals surface area contributed by atoms with Crippen molar-refractivity contribution in [2.75, 3.05) is 46.8 Å². The van der Waals surface area contributed by atoms with E-state index in [1.54, 1.807) is 0 Å². The van der Waals surface area contributed by atoms with Crippen LogP contribution in [-0.4, -0.2) is 68.5 Å². The molecule has 1 aromatic rings. The normalized spacial score (nSPS) is 20.4. The molecule has 0 aliphatic carbocycles. The lowest BCUT2D eigenvalue weighted by Crippen LogP contribution is -2.48. The molecule has 1 aliphatic heterocycles. The van der Waals surface area contributed by atoms with E-state index in [2.05, 4.69) is 41.2 Å². The molecule has 2 atom stereocenters. The number of nitrogens with zero attached hydrogens (tertiary/aromatic N) is 3. The van der Waals surface area contributed by atoms with Gasteiger partial charge >= 0.3 is 0 Å². The highest BCUT2D eigenvalue weighted by atomic mass is 16.1. The standard InChI is InChI=1S/C22H37N5O/c1-6-23-22(27-15-17(2)12-18(3)16-27)25-14-19-8-7-9-20(13-19)21(28)24-10-11-26(4)5/h7-9,13,17-18H,6,10-12,14-16H2,1-5H3,(H,23,25)(H,24,28). The predicted molar refractivity (Wildman–Crippen MR) is 117 cm³/mol. The van der Waals surface area contributed by atoms with E-state index in [4.69, 9.17) is 4.99 Å². The number of guanidine groups is 1. The second-order valence-electron chi connectivity index (χ2n) is 8.28. The molecule has 1 fully saturated rings. The predicted octanol–water partition coefficient (Wildman–Crippen LogP) is 2.42. The monoisotopic (exact) mass is 387 g/mol. The zero-order valence-corrected chi connectivity index (χ0v) is 18.2. The van der Waals surface area contributed by atoms with Gasteiger partial charge in [-0.1, -0.05) is 26.0 Å². The minimum atomic E-state index is -0.0294. The number of likely N-dealkylation sites (tertiary alicyclic amines) is 1. The molecule has 2 unspecified atom stereocenters. The zero-order chi connectivity index (χ0) is 20.5. The Morgan fingerprint density at radius 2 is 1.93 bits per heavy atom. The highest BCUT2D eigenvalue weighted by Crippen LogP contribution is 2.21. The lowest BCUT2D eigenvalue weighted by molar-refractivity contribution is 0.0951. The highest BCUT2D eigenvalue weighted by Gasteiger charge is 2.23. The molecule has 6 heteroatoms. The van der Waals surface area contributed by atoms with Crippen LogP contribution >= 0.6 is 0 Å². The fourth-order valence-corrected chi connectivity index (χ4v) is 3.73. The van der Waals surface area contributed by atoms with Crippen molar-refractivity contribution in [2.45, 2.75) is 33.7 Å². The van der Waals surface area contributed by atoms with Crippen LogP contribution in [0.3, 0.4) is 0 Å². The SMILES string of the molecule is CCNC(=NCc1cccc(C(=O)NCCN(C)C)c1)N1CC(C)CC(C)C1. The molecule has 0 spiro atoms. The maximum Gasteiger partial charge on any atom is 0.251 e. The van der Waals surface area contributed by atoms with E-state index < -0.39 is 0 Å². The van der Waals surface area contributed by atoms with Crippen molar-refractivity contribution in [1.82, 2.24) is 20.4 Å². The fourth-order valence-electron chi connectivity index (χ4n) is 3.73. The van der Waals surface area contributed by atoms with Gasteiger partial charge in [0.25, 0.3) is 5.91 Å². The van der Waals surface area contributed by atoms with Crippen LogP contribution in [-0.2, 0) is 6.54 Å². The summed E-state index contributed by atoms with van der Waals surface area (Å²) in [5.74, 6) is 2.31. The number of carbonyl (C=O) groups is 1. The first kappa shape index (κ1) is 22.2. The van der Waals surface area contributed by atoms with Crippen molar-refractivity contribution in [1.29, 1.82) is 0 Å². The third-order valence-corrected chi connectivity index (χ3v) is 4.95. The van der Waals surface area contributed by atoms with Gasteiger partial charge in [-0.05, 0) is 57.0 Å². The third kappa shape index (κ3) is 7.15. The van der Waals surface area contributed by atoms with Gasteiger partial charge < -0.3 is 20.4 Å². The van der Waals surface area contributed by atoms with Gasteiger partial charge in [-0.25, -0.2) is 4.99 Å². The lowest BCUT2D eigenvalue weighted by atomic mass is 9.92. The van der Waals surface area contributed by atoms with Crippen LogP contribution in [0.1, 0.15) is 43.1 Å². The summed E-state index contributed by atoms with van der Waals surface area (Å²) in [5, 5.41) is 6.40. The number of piperidine rings is 1. The lowest BCUT2D eigenvalue weighted by Gasteiger charge is -2.37. The van der Waals surface area contributed by atoms with Gasteiger partial charge in [-0.15, -0.1) is 0 Å². The number of aliphatic imine (C=N–C) groups is 1. The van der Waals surface area contributed by atoms with E-state index in [0.717, 1.165) is 37.7 Å². The van der Waals surface area contributed by atoms with Gasteiger partial charge in [-0.3, -0.25) is 4.79 Å². The Morgan fingerprint density at radius 3 is 2.57 bits per heavy atom. The summed E-state index contributed by atoms with van der Waals surface area (Å²) in [7, 11) is 3.99. The number of carbonyl (C=O) groups excluding carboxylic acids is 1. The minimum Gasteiger partial charge on any atom is -0.357 e. The molecule has 1 aliphatic rings. The number of hydrogen-bond donors (Lipinski definition) is 2. The number of hydrogen-bond acceptors (Lipinski definition) is 3. The van der Waals surface area contributed by atoms with Gasteiger partial charge in [0.1, 0.15) is 0 Å². The molecule has 1 heterocycles. The number of likely N-dealkylation sites (N-methyl/N-ethyl adjacent to an activating group) is 1. The van der Waals surface area contributed by atoms with Crippen molar-refractivity contribution in [3.8, 4) is 0 Å². The van der Waals surface area contributed by atoms with Crippen LogP contribution < -0.4 is 10.6 Å². The average molecular weight is 388 g/mol. The van der Waals surface area contributed by atoms with Gasteiger partial charge in [0.05, 0.1) is 6.54 Å². The smallest absolute Gasteiger partial charge is 0.251 e. The molecule has 2 rings (SSSR count). The molecule has 1 aromatic carbocycles. The Balaban J connectivity index is 2.03. The topological polar surface area (TPSA) is 60.0 Å². The molecule has 0 bridgehead atoms. The van der Waals surface area contributed by atoms with Crippen LogP contribution in [0.2, 0.25) is 0 Å². The van der Waals surface area contributed by atoms with Gasteiger partial charge in [0, 0.05) is 38.3 Å². The largest absolute Gasteiger partial charge is 0.357 e. The van der Waals surface area contributed by atoms with E-state index >= 15 is 0 Å². The first-order chi connectivity index (χ1) is 13.4. The minimum absolute atomic E-state index is 0.0294. The molecular weight excluding hydrogens is 350 g/mol. The third-order valence-electron chi connectivity index (χ3n) is 4.95. The number of nitrogens with one attached hydrogen (secondary N) is 2. The summed E-state index contributed by atoms with van der Waals surface area (Å²) >= 11 is 0. The van der Waals surface area contributed by atoms with E-state index in [9.17, 15) is 4.79 Å². The van der Waals surface area contributed by atoms with Crippen LogP contribution in [0.25, 0.3) is 0 Å². The maximum atomic E-state index is 12.4. The second kappa shape index (κ2) is 11.1. The Bertz CT molecular complexity index is 648. The van der Waals surface area contributed by atoms with Crippen LogP contribution in [0.4, 0.5) is 0 Å². The van der Waals surface area contributed by atoms with E-state index in [1.165, 1.54) is 6.42 Å². The number of benzene rings is 1. The van der Waals surface area contributed by atoms with E-state index in [-0.39, 0.29) is 5.91 Å². The first-order valence-corrected chi connectivity index (χ1v) is 10.4. The molecule has 156 valence electrons. The summed E-state index contributed by atoms with van der Waals surface area (Å²) in [4.78, 5) is 21.6. The Hall–Kier alpha value is -2.08. The molecule has 28 heavy (non-hydrogen) atoms. The van der Waals surface area contributed by atoms with Gasteiger partial charge in [0.15, 0.2) is 5.96 Å². The molecular formula is C22H37N5O. The summed E-state index contributed by atoms with van der Waals surface area (Å²) in [5.41, 5.74) is 1.74. The molecule has 0 saturated carbocycles. The Morgan fingerprint density at radius 1 is 1.21 bits per heavy atom. The first-order valence-electron chi connectivity index (χ1n) is 10.4. The highest BCUT2D eigenvalue weighted by molar-refractivity contribution is 5.94. The van der Waals surface area contributed by atoms with Crippen molar-refractivity contribution in [3.63, 3.8) is 0 Å². The van der Waals surface area contributed by atoms with Crippen LogP contribution in [0.15, 0.2) is 29.3 Å². The van der Waals surface area contributed by atoms with Gasteiger partial charge in [-0.2, -0.15) is 0 Å². The van der Waals surface area contributed by atoms with Crippen LogP contribution in [0, 0.1) is 11.8 Å². The second-order valence-corrected chi connectivity index (χ2v) is 8.28. The fraction of sp³-hybridized carbons (Fsp3) is 0.636. The molecule has 0 aromatic heterocycles. The molecule has 6 nitrogen and oxygen atoms in total. The quantitative estimate of drug-likeness (QED) is 0.557. The van der Waals surface area contributed by atoms with Crippen molar-refractivity contribution < 1.29 is 4.79 Å². The summed E-state index contributed by atoms with van der Waals surface area (Å²) in [6.45, 7) is 11.7. The molecule has 1 saturated heterocycles. The van der Waals surface area contributed by atoms with Crippen molar-refractivity contribution >= 4 is 11.9 Å². The Labute approximate surface area is 170 Å². The summed E-state index contributed by atoms with van der Waals surface area (Å²) in [6.07, 6.45) is 1.28. The molecule has 0 radical (unpaired) electrons. The Kier molecular flexibility index (Phi) is 8.77. The molecule has 2 N–H and O–H groups in total. The van der Waals surface area contributed by atoms with Crippen LogP contribution in [0.5, 0.6) is 0 Å². The zero-order valence-electron chi connectivity index (χ0n) is 18.2. The van der Waals surface area contributed by atoms with E-state index in [1.807, 2.05) is 38.4 Å². The summed E-state index contributed by atoms with van der Waals surface area (Å²) < 4.78 is 0.